The average Bonchev–Trinajstić information content (AvgIpc) is 3.66. The second-order valence-corrected chi connectivity index (χ2v) is 15.2. The van der Waals surface area contributed by atoms with Crippen molar-refractivity contribution in [2.75, 3.05) is 40.0 Å². The number of aliphatic hydroxyl groups is 1. The summed E-state index contributed by atoms with van der Waals surface area (Å²) < 4.78 is 58.6. The van der Waals surface area contributed by atoms with Gasteiger partial charge in [0.1, 0.15) is 22.5 Å². The lowest BCUT2D eigenvalue weighted by molar-refractivity contribution is -0.0907. The number of fused-ring (bicyclic) bond motifs is 2. The summed E-state index contributed by atoms with van der Waals surface area (Å²) in [6, 6.07) is 13.2. The van der Waals surface area contributed by atoms with Crippen LogP contribution in [0.4, 0.5) is 4.79 Å². The Morgan fingerprint density at radius 1 is 1.11 bits per heavy atom. The summed E-state index contributed by atoms with van der Waals surface area (Å²) in [6.07, 6.45) is 5.59. The Morgan fingerprint density at radius 3 is 2.70 bits per heavy atom. The number of alkyl carbamates (subject to hydrolysis) is 1. The second-order valence-electron chi connectivity index (χ2n) is 13.3. The van der Waals surface area contributed by atoms with Crippen LogP contribution in [0.25, 0.3) is 0 Å². The highest BCUT2D eigenvalue weighted by atomic mass is 32.2. The number of carbonyl (C=O) groups is 1. The molecule has 2 saturated heterocycles. The van der Waals surface area contributed by atoms with Crippen LogP contribution in [0.5, 0.6) is 11.5 Å². The lowest BCUT2D eigenvalue weighted by Crippen LogP contribution is -2.52. The van der Waals surface area contributed by atoms with Crippen LogP contribution in [0, 0.1) is 11.3 Å². The third kappa shape index (κ3) is 9.26. The van der Waals surface area contributed by atoms with E-state index in [0.717, 1.165) is 31.2 Å². The van der Waals surface area contributed by atoms with Gasteiger partial charge in [0.2, 0.25) is 10.0 Å². The zero-order valence-corrected chi connectivity index (χ0v) is 28.3. The van der Waals surface area contributed by atoms with Crippen molar-refractivity contribution in [3.63, 3.8) is 0 Å². The van der Waals surface area contributed by atoms with E-state index in [9.17, 15) is 18.3 Å². The maximum absolute atomic E-state index is 14.5. The number of methoxy groups -OCH3 is 1. The van der Waals surface area contributed by atoms with E-state index in [2.05, 4.69) is 17.5 Å². The number of allylic oxidation sites excluding steroid dienone is 2. The molecule has 2 aromatic carbocycles. The number of sulfonamides is 1. The van der Waals surface area contributed by atoms with Crippen molar-refractivity contribution >= 4 is 16.1 Å². The quantitative estimate of drug-likeness (QED) is 0.384. The van der Waals surface area contributed by atoms with E-state index in [0.29, 0.717) is 25.4 Å². The van der Waals surface area contributed by atoms with Crippen LogP contribution in [0.15, 0.2) is 65.6 Å². The molecule has 5 rings (SSSR count). The number of benzene rings is 2. The van der Waals surface area contributed by atoms with Crippen molar-refractivity contribution in [2.45, 2.75) is 81.8 Å². The molecule has 0 spiro atoms. The molecule has 3 aliphatic heterocycles. The number of β-amino-alcohol motifs (C(OH)–C–C–N with tert-alkyl or cyclic N) is 1. The van der Waals surface area contributed by atoms with E-state index in [1.165, 1.54) is 17.5 Å². The Labute approximate surface area is 278 Å². The summed E-state index contributed by atoms with van der Waals surface area (Å²) in [5.74, 6) is 0.630. The highest BCUT2D eigenvalue weighted by Crippen LogP contribution is 2.35. The third-order valence-electron chi connectivity index (χ3n) is 8.93. The van der Waals surface area contributed by atoms with Crippen molar-refractivity contribution in [3.8, 4) is 11.5 Å². The van der Waals surface area contributed by atoms with Crippen LogP contribution >= 0.6 is 0 Å². The molecule has 12 heteroatoms. The van der Waals surface area contributed by atoms with Crippen molar-refractivity contribution in [1.29, 1.82) is 0 Å². The number of carbonyl (C=O) groups excluding carboxylic acids is 1. The standard InChI is InChI=1S/C35H48N2O9S/c1-35(2)17-10-5-4-6-11-18-43-30-21-26(42-3)14-15-32(30)47(40,41)37(24-35)22-29(38)28(20-25-12-8-7-9-13-25)36-34(39)46-31-23-45-33-27(31)16-19-44-33/h5,7-10,12-15,21,27-29,31,33,38H,4,6,11,16-20,22-24H2,1-3H3,(H,36,39)/b10-5+/t27-,28-,29+,31+,33+/m0/s1. The van der Waals surface area contributed by atoms with Crippen molar-refractivity contribution < 1.29 is 42.0 Å². The van der Waals surface area contributed by atoms with Crippen LogP contribution < -0.4 is 14.8 Å². The normalized spacial score (nSPS) is 26.4. The van der Waals surface area contributed by atoms with Gasteiger partial charge in [-0.3, -0.25) is 0 Å². The topological polar surface area (TPSA) is 133 Å². The third-order valence-corrected chi connectivity index (χ3v) is 10.8. The molecule has 1 amide bonds. The molecule has 0 unspecified atom stereocenters. The zero-order valence-electron chi connectivity index (χ0n) is 27.5. The van der Waals surface area contributed by atoms with Crippen LogP contribution in [0.3, 0.4) is 0 Å². The first kappa shape index (κ1) is 35.2. The number of rotatable bonds is 8. The summed E-state index contributed by atoms with van der Waals surface area (Å²) in [5, 5.41) is 14.6. The van der Waals surface area contributed by atoms with E-state index in [-0.39, 0.29) is 49.0 Å². The van der Waals surface area contributed by atoms with E-state index in [4.69, 9.17) is 23.7 Å². The lowest BCUT2D eigenvalue weighted by atomic mass is 9.88. The highest BCUT2D eigenvalue weighted by molar-refractivity contribution is 7.89. The average molecular weight is 673 g/mol. The van der Waals surface area contributed by atoms with E-state index in [1.807, 2.05) is 44.2 Å². The number of hydrogen-bond donors (Lipinski definition) is 2. The molecular weight excluding hydrogens is 624 g/mol. The van der Waals surface area contributed by atoms with Crippen LogP contribution in [0.2, 0.25) is 0 Å². The fourth-order valence-corrected chi connectivity index (χ4v) is 8.05. The summed E-state index contributed by atoms with van der Waals surface area (Å²) in [6.45, 7) is 4.98. The Balaban J connectivity index is 1.42. The molecule has 5 atom stereocenters. The van der Waals surface area contributed by atoms with Gasteiger partial charge in [-0.1, -0.05) is 56.3 Å². The van der Waals surface area contributed by atoms with Gasteiger partial charge in [0, 0.05) is 19.2 Å². The van der Waals surface area contributed by atoms with Gasteiger partial charge < -0.3 is 34.1 Å². The second kappa shape index (κ2) is 15.8. The molecule has 47 heavy (non-hydrogen) atoms. The summed E-state index contributed by atoms with van der Waals surface area (Å²) in [4.78, 5) is 13.2. The van der Waals surface area contributed by atoms with Gasteiger partial charge in [0.05, 0.1) is 45.0 Å². The fraction of sp³-hybridized carbons (Fsp3) is 0.571. The van der Waals surface area contributed by atoms with Crippen molar-refractivity contribution in [1.82, 2.24) is 9.62 Å². The fourth-order valence-electron chi connectivity index (χ4n) is 6.29. The summed E-state index contributed by atoms with van der Waals surface area (Å²) in [5.41, 5.74) is 0.398. The van der Waals surface area contributed by atoms with Crippen LogP contribution in [-0.4, -0.2) is 88.5 Å². The van der Waals surface area contributed by atoms with Gasteiger partial charge in [0.15, 0.2) is 6.29 Å². The van der Waals surface area contributed by atoms with Crippen molar-refractivity contribution in [2.24, 2.45) is 11.3 Å². The first-order valence-corrected chi connectivity index (χ1v) is 17.9. The summed E-state index contributed by atoms with van der Waals surface area (Å²) >= 11 is 0. The maximum Gasteiger partial charge on any atom is 0.407 e. The van der Waals surface area contributed by atoms with E-state index >= 15 is 0 Å². The molecule has 3 heterocycles. The predicted molar refractivity (Wildman–Crippen MR) is 176 cm³/mol. The summed E-state index contributed by atoms with van der Waals surface area (Å²) in [7, 11) is -2.68. The Kier molecular flexibility index (Phi) is 11.8. The minimum atomic E-state index is -4.19. The number of hydrogen-bond acceptors (Lipinski definition) is 9. The minimum absolute atomic E-state index is 0.00421. The van der Waals surface area contributed by atoms with Gasteiger partial charge in [-0.25, -0.2) is 13.2 Å². The number of nitrogens with one attached hydrogen (secondary N) is 1. The zero-order chi connectivity index (χ0) is 33.4. The Morgan fingerprint density at radius 2 is 1.91 bits per heavy atom. The first-order chi connectivity index (χ1) is 22.6. The molecule has 3 aliphatic rings. The largest absolute Gasteiger partial charge is 0.497 e. The molecule has 2 aromatic rings. The van der Waals surface area contributed by atoms with Gasteiger partial charge in [-0.2, -0.15) is 4.31 Å². The minimum Gasteiger partial charge on any atom is -0.497 e. The molecule has 0 aromatic heterocycles. The SMILES string of the molecule is COc1ccc2c(c1)OCCCC/C=C/CC(C)(C)CN(C[C@@H](O)[C@H](Cc1ccccc1)NC(=O)O[C@@H]1CO[C@H]3OCC[C@H]31)S2(=O)=O. The van der Waals surface area contributed by atoms with Gasteiger partial charge in [-0.05, 0) is 61.6 Å². The van der Waals surface area contributed by atoms with Gasteiger partial charge in [0.25, 0.3) is 0 Å². The van der Waals surface area contributed by atoms with E-state index in [1.54, 1.807) is 12.1 Å². The number of ether oxygens (including phenoxy) is 5. The monoisotopic (exact) mass is 672 g/mol. The van der Waals surface area contributed by atoms with Crippen LogP contribution in [0.1, 0.15) is 51.5 Å². The molecule has 0 aliphatic carbocycles. The Bertz CT molecular complexity index is 1470. The smallest absolute Gasteiger partial charge is 0.407 e. The van der Waals surface area contributed by atoms with Gasteiger partial charge in [-0.15, -0.1) is 0 Å². The molecule has 0 radical (unpaired) electrons. The molecular formula is C35H48N2O9S. The predicted octanol–water partition coefficient (Wildman–Crippen LogP) is 4.68. The number of amides is 1. The Hall–Kier alpha value is -3.16. The molecule has 258 valence electrons. The molecule has 2 fully saturated rings. The van der Waals surface area contributed by atoms with E-state index < -0.39 is 39.8 Å². The maximum atomic E-state index is 14.5. The number of nitrogens with zero attached hydrogens (tertiary/aromatic N) is 1. The van der Waals surface area contributed by atoms with Crippen molar-refractivity contribution in [3.05, 3.63) is 66.2 Å². The van der Waals surface area contributed by atoms with Gasteiger partial charge >= 0.3 is 6.09 Å². The lowest BCUT2D eigenvalue weighted by Gasteiger charge is -2.35. The highest BCUT2D eigenvalue weighted by Gasteiger charge is 2.44. The number of aliphatic hydroxyl groups excluding tert-OH is 1. The molecule has 0 saturated carbocycles. The molecule has 0 bridgehead atoms. The molecule has 2 N–H and O–H groups in total. The molecule has 11 nitrogen and oxygen atoms in total. The van der Waals surface area contributed by atoms with Crippen LogP contribution in [-0.2, 0) is 30.7 Å². The first-order valence-electron chi connectivity index (χ1n) is 16.4.